The largest absolute Gasteiger partial charge is 0.368 e. The van der Waals surface area contributed by atoms with E-state index in [-0.39, 0.29) is 0 Å². The predicted octanol–water partition coefficient (Wildman–Crippen LogP) is 2.21. The Kier molecular flexibility index (Phi) is 3.12. The van der Waals surface area contributed by atoms with Crippen molar-refractivity contribution in [2.45, 2.75) is 5.38 Å². The number of rotatable bonds is 2. The van der Waals surface area contributed by atoms with E-state index >= 15 is 0 Å². The smallest absolute Gasteiger partial charge is 0.240 e. The van der Waals surface area contributed by atoms with E-state index in [1.54, 1.807) is 12.1 Å². The summed E-state index contributed by atoms with van der Waals surface area (Å²) in [5.74, 6) is -0.529. The maximum Gasteiger partial charge on any atom is 0.240 e. The normalized spacial score (nSPS) is 12.5. The average Bonchev–Trinajstić information content (AvgIpc) is 2.04. The molecule has 0 aliphatic rings. The zero-order chi connectivity index (χ0) is 9.14. The number of halogens is 2. The van der Waals surface area contributed by atoms with Crippen LogP contribution in [-0.2, 0) is 4.79 Å². The first-order valence-corrected chi connectivity index (χ1v) is 4.53. The molecular formula is C8H7BrClNO. The van der Waals surface area contributed by atoms with E-state index in [4.69, 9.17) is 17.3 Å². The van der Waals surface area contributed by atoms with Gasteiger partial charge in [-0.2, -0.15) is 0 Å². The fraction of sp³-hybridized carbons (Fsp3) is 0.125. The molecular weight excluding hydrogens is 241 g/mol. The van der Waals surface area contributed by atoms with Crippen LogP contribution in [0, 0.1) is 0 Å². The maximum atomic E-state index is 10.7. The summed E-state index contributed by atoms with van der Waals surface area (Å²) in [7, 11) is 0. The summed E-state index contributed by atoms with van der Waals surface area (Å²) >= 11 is 8.98. The van der Waals surface area contributed by atoms with E-state index in [9.17, 15) is 4.79 Å². The molecule has 1 rings (SSSR count). The molecule has 4 heteroatoms. The van der Waals surface area contributed by atoms with Crippen LogP contribution in [0.15, 0.2) is 28.7 Å². The predicted molar refractivity (Wildman–Crippen MR) is 51.9 cm³/mol. The zero-order valence-electron chi connectivity index (χ0n) is 6.13. The second kappa shape index (κ2) is 3.92. The summed E-state index contributed by atoms with van der Waals surface area (Å²) in [5, 5.41) is -0.738. The summed E-state index contributed by atoms with van der Waals surface area (Å²) in [4.78, 5) is 10.7. The Bertz CT molecular complexity index is 286. The molecule has 1 aromatic carbocycles. The quantitative estimate of drug-likeness (QED) is 0.801. The van der Waals surface area contributed by atoms with Crippen molar-refractivity contribution >= 4 is 33.4 Å². The van der Waals surface area contributed by atoms with Crippen molar-refractivity contribution in [1.82, 2.24) is 0 Å². The second-order valence-electron chi connectivity index (χ2n) is 2.32. The molecule has 0 saturated heterocycles. The molecule has 64 valence electrons. The van der Waals surface area contributed by atoms with E-state index < -0.39 is 11.3 Å². The van der Waals surface area contributed by atoms with Gasteiger partial charge in [-0.15, -0.1) is 11.6 Å². The molecule has 0 radical (unpaired) electrons. The van der Waals surface area contributed by atoms with E-state index in [0.29, 0.717) is 5.56 Å². The SMILES string of the molecule is NC(=O)[C@H](Cl)c1ccc(Br)cc1. The van der Waals surface area contributed by atoms with Gasteiger partial charge in [0, 0.05) is 4.47 Å². The van der Waals surface area contributed by atoms with Gasteiger partial charge in [0.15, 0.2) is 0 Å². The lowest BCUT2D eigenvalue weighted by Gasteiger charge is -2.04. The number of benzene rings is 1. The van der Waals surface area contributed by atoms with Crippen LogP contribution in [0.3, 0.4) is 0 Å². The minimum atomic E-state index is -0.738. The van der Waals surface area contributed by atoms with Crippen molar-refractivity contribution in [3.63, 3.8) is 0 Å². The fourth-order valence-electron chi connectivity index (χ4n) is 0.796. The van der Waals surface area contributed by atoms with Gasteiger partial charge < -0.3 is 5.73 Å². The van der Waals surface area contributed by atoms with Crippen molar-refractivity contribution in [3.05, 3.63) is 34.3 Å². The number of hydrogen-bond acceptors (Lipinski definition) is 1. The Hall–Kier alpha value is -0.540. The third kappa shape index (κ3) is 2.22. The number of amides is 1. The van der Waals surface area contributed by atoms with Gasteiger partial charge in [-0.3, -0.25) is 4.79 Å². The molecule has 0 unspecified atom stereocenters. The Balaban J connectivity index is 2.89. The molecule has 0 spiro atoms. The van der Waals surface area contributed by atoms with Gasteiger partial charge in [0.25, 0.3) is 0 Å². The van der Waals surface area contributed by atoms with Crippen molar-refractivity contribution in [2.24, 2.45) is 5.73 Å². The molecule has 1 atom stereocenters. The van der Waals surface area contributed by atoms with Crippen molar-refractivity contribution in [1.29, 1.82) is 0 Å². The molecule has 2 nitrogen and oxygen atoms in total. The first kappa shape index (κ1) is 9.55. The highest BCUT2D eigenvalue weighted by atomic mass is 79.9. The van der Waals surface area contributed by atoms with Crippen molar-refractivity contribution < 1.29 is 4.79 Å². The standard InChI is InChI=1S/C8H7BrClNO/c9-6-3-1-5(2-4-6)7(10)8(11)12/h1-4,7H,(H2,11,12)/t7-/m1/s1. The Labute approximate surface area is 83.8 Å². The second-order valence-corrected chi connectivity index (χ2v) is 3.67. The van der Waals surface area contributed by atoms with E-state index in [0.717, 1.165) is 4.47 Å². The van der Waals surface area contributed by atoms with Crippen LogP contribution >= 0.6 is 27.5 Å². The van der Waals surface area contributed by atoms with Gasteiger partial charge in [-0.25, -0.2) is 0 Å². The summed E-state index contributed by atoms with van der Waals surface area (Å²) in [5.41, 5.74) is 5.74. The van der Waals surface area contributed by atoms with Crippen LogP contribution < -0.4 is 5.73 Å². The molecule has 12 heavy (non-hydrogen) atoms. The first-order valence-electron chi connectivity index (χ1n) is 3.30. The average molecular weight is 249 g/mol. The number of carbonyl (C=O) groups excluding carboxylic acids is 1. The van der Waals surface area contributed by atoms with E-state index in [1.807, 2.05) is 12.1 Å². The highest BCUT2D eigenvalue weighted by molar-refractivity contribution is 9.10. The summed E-state index contributed by atoms with van der Waals surface area (Å²) < 4.78 is 0.944. The molecule has 1 amide bonds. The maximum absolute atomic E-state index is 10.7. The molecule has 0 aliphatic heterocycles. The molecule has 0 saturated carbocycles. The van der Waals surface area contributed by atoms with Gasteiger partial charge in [0.05, 0.1) is 0 Å². The minimum absolute atomic E-state index is 0.529. The molecule has 0 fully saturated rings. The summed E-state index contributed by atoms with van der Waals surface area (Å²) in [6.45, 7) is 0. The molecule has 0 aliphatic carbocycles. The van der Waals surface area contributed by atoms with Gasteiger partial charge in [0.2, 0.25) is 5.91 Å². The van der Waals surface area contributed by atoms with E-state index in [1.165, 1.54) is 0 Å². The molecule has 2 N–H and O–H groups in total. The summed E-state index contributed by atoms with van der Waals surface area (Å²) in [6.07, 6.45) is 0. The number of alkyl halides is 1. The Morgan fingerprint density at radius 3 is 2.33 bits per heavy atom. The lowest BCUT2D eigenvalue weighted by Crippen LogP contribution is -2.16. The van der Waals surface area contributed by atoms with Gasteiger partial charge in [-0.05, 0) is 17.7 Å². The Morgan fingerprint density at radius 2 is 1.92 bits per heavy atom. The van der Waals surface area contributed by atoms with Gasteiger partial charge >= 0.3 is 0 Å². The lowest BCUT2D eigenvalue weighted by atomic mass is 10.1. The third-order valence-electron chi connectivity index (χ3n) is 1.41. The van der Waals surface area contributed by atoms with E-state index in [2.05, 4.69) is 15.9 Å². The highest BCUT2D eigenvalue weighted by Gasteiger charge is 2.12. The molecule has 0 aromatic heterocycles. The number of primary amides is 1. The van der Waals surface area contributed by atoms with Crippen LogP contribution in [0.5, 0.6) is 0 Å². The number of carbonyl (C=O) groups is 1. The van der Waals surface area contributed by atoms with Crippen LogP contribution in [-0.4, -0.2) is 5.91 Å². The van der Waals surface area contributed by atoms with Crippen LogP contribution in [0.4, 0.5) is 0 Å². The number of nitrogens with two attached hydrogens (primary N) is 1. The van der Waals surface area contributed by atoms with Crippen LogP contribution in [0.2, 0.25) is 0 Å². The summed E-state index contributed by atoms with van der Waals surface area (Å²) in [6, 6.07) is 7.14. The molecule has 0 bridgehead atoms. The molecule has 0 heterocycles. The highest BCUT2D eigenvalue weighted by Crippen LogP contribution is 2.21. The first-order chi connectivity index (χ1) is 5.61. The zero-order valence-corrected chi connectivity index (χ0v) is 8.47. The van der Waals surface area contributed by atoms with Crippen LogP contribution in [0.25, 0.3) is 0 Å². The number of hydrogen-bond donors (Lipinski definition) is 1. The minimum Gasteiger partial charge on any atom is -0.368 e. The van der Waals surface area contributed by atoms with Gasteiger partial charge in [-0.1, -0.05) is 28.1 Å². The van der Waals surface area contributed by atoms with Crippen molar-refractivity contribution in [2.75, 3.05) is 0 Å². The monoisotopic (exact) mass is 247 g/mol. The third-order valence-corrected chi connectivity index (χ3v) is 2.41. The Morgan fingerprint density at radius 1 is 1.42 bits per heavy atom. The van der Waals surface area contributed by atoms with Gasteiger partial charge in [0.1, 0.15) is 5.38 Å². The molecule has 1 aromatic rings. The van der Waals surface area contributed by atoms with Crippen molar-refractivity contribution in [3.8, 4) is 0 Å². The topological polar surface area (TPSA) is 43.1 Å². The fourth-order valence-corrected chi connectivity index (χ4v) is 1.21. The van der Waals surface area contributed by atoms with Crippen LogP contribution in [0.1, 0.15) is 10.9 Å². The lowest BCUT2D eigenvalue weighted by molar-refractivity contribution is -0.117.